The smallest absolute Gasteiger partial charge is 0.322 e. The van der Waals surface area contributed by atoms with Crippen molar-refractivity contribution in [3.05, 3.63) is 71.3 Å². The number of rotatable bonds is 6. The van der Waals surface area contributed by atoms with Gasteiger partial charge in [-0.2, -0.15) is 9.97 Å². The summed E-state index contributed by atoms with van der Waals surface area (Å²) in [5.74, 6) is 7.88. The van der Waals surface area contributed by atoms with E-state index in [1.54, 1.807) is 13.2 Å². The molecule has 0 bridgehead atoms. The van der Waals surface area contributed by atoms with Crippen LogP contribution in [0.15, 0.2) is 54.6 Å². The van der Waals surface area contributed by atoms with Crippen molar-refractivity contribution in [3.8, 4) is 35.4 Å². The Morgan fingerprint density at radius 2 is 1.81 bits per heavy atom. The average molecular weight is 485 g/mol. The van der Waals surface area contributed by atoms with Gasteiger partial charge in [0.1, 0.15) is 11.4 Å². The largest absolute Gasteiger partial charge is 0.481 e. The second-order valence-corrected chi connectivity index (χ2v) is 9.82. The van der Waals surface area contributed by atoms with Crippen molar-refractivity contribution in [1.29, 1.82) is 0 Å². The third-order valence-electron chi connectivity index (χ3n) is 7.72. The van der Waals surface area contributed by atoms with Crippen molar-refractivity contribution in [3.63, 3.8) is 0 Å². The molecule has 1 aromatic heterocycles. The number of fused-ring (bicyclic) bond motifs is 3. The van der Waals surface area contributed by atoms with E-state index in [4.69, 9.17) is 14.2 Å². The van der Waals surface area contributed by atoms with Crippen LogP contribution in [0.25, 0.3) is 0 Å². The molecule has 186 valence electrons. The molecule has 1 fully saturated rings. The molecule has 6 heteroatoms. The Balaban J connectivity index is 1.50. The lowest BCUT2D eigenvalue weighted by molar-refractivity contribution is -0.00804. The summed E-state index contributed by atoms with van der Waals surface area (Å²) < 4.78 is 16.5. The molecule has 6 nitrogen and oxygen atoms in total. The SMILES string of the molecule is CC#C[C@@]1(O)CC[C@@]2(Cc3ccccc3)c3ccc(Oc4cc(OC)nc(OC)n4)cc3CC[C@@H]2C1. The fraction of sp³-hybridized carbons (Fsp3) is 0.400. The second kappa shape index (κ2) is 9.83. The van der Waals surface area contributed by atoms with Crippen molar-refractivity contribution in [2.75, 3.05) is 14.2 Å². The van der Waals surface area contributed by atoms with Crippen molar-refractivity contribution in [2.45, 2.75) is 56.5 Å². The molecule has 1 saturated carbocycles. The van der Waals surface area contributed by atoms with Crippen LogP contribution in [0.5, 0.6) is 23.5 Å². The first kappa shape index (κ1) is 24.1. The van der Waals surface area contributed by atoms with Crippen molar-refractivity contribution >= 4 is 0 Å². The first-order valence-electron chi connectivity index (χ1n) is 12.5. The standard InChI is InChI=1S/C30H32N2O4/c1-4-14-29(33)15-16-30(19-21-8-6-5-7-9-21)23(20-29)11-10-22-17-24(12-13-25(22)30)36-27-18-26(34-2)31-28(32-27)35-3/h5-9,12-13,17-18,23,33H,10-11,15-16,19-20H2,1-3H3/t23-,29-,30+/m1/s1. The zero-order chi connectivity index (χ0) is 25.2. The number of aryl methyl sites for hydroxylation is 1. The predicted molar refractivity (Wildman–Crippen MR) is 138 cm³/mol. The third kappa shape index (κ3) is 4.64. The Labute approximate surface area is 212 Å². The van der Waals surface area contributed by atoms with E-state index in [1.807, 2.05) is 13.0 Å². The lowest BCUT2D eigenvalue weighted by atomic mass is 9.52. The fourth-order valence-electron chi connectivity index (χ4n) is 6.11. The lowest BCUT2D eigenvalue weighted by Crippen LogP contribution is -2.50. The van der Waals surface area contributed by atoms with E-state index in [0.29, 0.717) is 36.3 Å². The summed E-state index contributed by atoms with van der Waals surface area (Å²) in [6.45, 7) is 1.81. The minimum Gasteiger partial charge on any atom is -0.481 e. The third-order valence-corrected chi connectivity index (χ3v) is 7.72. The van der Waals surface area contributed by atoms with Gasteiger partial charge in [-0.15, -0.1) is 5.92 Å². The van der Waals surface area contributed by atoms with Crippen LogP contribution in [-0.2, 0) is 18.3 Å². The molecule has 36 heavy (non-hydrogen) atoms. The molecule has 0 saturated heterocycles. The molecular weight excluding hydrogens is 452 g/mol. The van der Waals surface area contributed by atoms with E-state index in [9.17, 15) is 5.11 Å². The molecule has 0 unspecified atom stereocenters. The van der Waals surface area contributed by atoms with Gasteiger partial charge in [0.15, 0.2) is 0 Å². The van der Waals surface area contributed by atoms with E-state index in [2.05, 4.69) is 64.3 Å². The maximum atomic E-state index is 11.2. The molecule has 1 N–H and O–H groups in total. The van der Waals surface area contributed by atoms with Crippen LogP contribution < -0.4 is 14.2 Å². The number of hydrogen-bond donors (Lipinski definition) is 1. The monoisotopic (exact) mass is 484 g/mol. The molecule has 2 aromatic carbocycles. The fourth-order valence-corrected chi connectivity index (χ4v) is 6.11. The van der Waals surface area contributed by atoms with Gasteiger partial charge in [-0.25, -0.2) is 0 Å². The van der Waals surface area contributed by atoms with Crippen molar-refractivity contribution < 1.29 is 19.3 Å². The van der Waals surface area contributed by atoms with Crippen LogP contribution in [0.1, 0.15) is 49.3 Å². The maximum Gasteiger partial charge on any atom is 0.322 e. The van der Waals surface area contributed by atoms with Crippen LogP contribution >= 0.6 is 0 Å². The van der Waals surface area contributed by atoms with Crippen molar-refractivity contribution in [2.24, 2.45) is 5.92 Å². The van der Waals surface area contributed by atoms with Gasteiger partial charge in [-0.05, 0) is 80.2 Å². The van der Waals surface area contributed by atoms with Crippen molar-refractivity contribution in [1.82, 2.24) is 9.97 Å². The molecule has 0 spiro atoms. The van der Waals surface area contributed by atoms with Crippen LogP contribution in [0, 0.1) is 17.8 Å². The van der Waals surface area contributed by atoms with Gasteiger partial charge in [0.2, 0.25) is 11.8 Å². The normalized spacial score (nSPS) is 24.5. The highest BCUT2D eigenvalue weighted by atomic mass is 16.5. The summed E-state index contributed by atoms with van der Waals surface area (Å²) in [6, 6.07) is 18.9. The summed E-state index contributed by atoms with van der Waals surface area (Å²) in [7, 11) is 3.06. The zero-order valence-corrected chi connectivity index (χ0v) is 21.1. The Bertz CT molecular complexity index is 1280. The predicted octanol–water partition coefficient (Wildman–Crippen LogP) is 5.27. The van der Waals surface area contributed by atoms with Gasteiger partial charge in [0.25, 0.3) is 0 Å². The summed E-state index contributed by atoms with van der Waals surface area (Å²) in [5.41, 5.74) is 3.03. The summed E-state index contributed by atoms with van der Waals surface area (Å²) in [5, 5.41) is 11.2. The lowest BCUT2D eigenvalue weighted by Gasteiger charge is -2.52. The van der Waals surface area contributed by atoms with E-state index in [1.165, 1.54) is 23.8 Å². The van der Waals surface area contributed by atoms with Gasteiger partial charge in [-0.1, -0.05) is 42.3 Å². The molecular formula is C30H32N2O4. The molecule has 0 amide bonds. The van der Waals surface area contributed by atoms with Gasteiger partial charge in [-0.3, -0.25) is 0 Å². The Hall–Kier alpha value is -3.56. The van der Waals surface area contributed by atoms with Gasteiger partial charge in [0.05, 0.1) is 20.3 Å². The molecule has 1 heterocycles. The minimum atomic E-state index is -0.898. The molecule has 3 aromatic rings. The maximum absolute atomic E-state index is 11.2. The average Bonchev–Trinajstić information content (AvgIpc) is 2.89. The molecule has 2 aliphatic carbocycles. The van der Waals surface area contributed by atoms with E-state index in [0.717, 1.165) is 25.7 Å². The Morgan fingerprint density at radius 1 is 1.00 bits per heavy atom. The first-order chi connectivity index (χ1) is 17.5. The number of aliphatic hydroxyl groups is 1. The Morgan fingerprint density at radius 3 is 2.56 bits per heavy atom. The molecule has 2 aliphatic rings. The van der Waals surface area contributed by atoms with Gasteiger partial charge < -0.3 is 19.3 Å². The summed E-state index contributed by atoms with van der Waals surface area (Å²) in [6.07, 6.45) is 5.16. The van der Waals surface area contributed by atoms with E-state index >= 15 is 0 Å². The van der Waals surface area contributed by atoms with E-state index < -0.39 is 5.60 Å². The number of nitrogens with zero attached hydrogens (tertiary/aromatic N) is 2. The highest BCUT2D eigenvalue weighted by molar-refractivity contribution is 5.46. The van der Waals surface area contributed by atoms with Crippen LogP contribution in [-0.4, -0.2) is 34.9 Å². The number of methoxy groups -OCH3 is 2. The molecule has 5 rings (SSSR count). The molecule has 0 radical (unpaired) electrons. The zero-order valence-electron chi connectivity index (χ0n) is 21.1. The second-order valence-electron chi connectivity index (χ2n) is 9.82. The quantitative estimate of drug-likeness (QED) is 0.481. The van der Waals surface area contributed by atoms with Gasteiger partial charge >= 0.3 is 6.01 Å². The van der Waals surface area contributed by atoms with Crippen LogP contribution in [0.4, 0.5) is 0 Å². The molecule has 0 aliphatic heterocycles. The molecule has 3 atom stereocenters. The summed E-state index contributed by atoms with van der Waals surface area (Å²) >= 11 is 0. The Kier molecular flexibility index (Phi) is 6.59. The number of ether oxygens (including phenoxy) is 3. The topological polar surface area (TPSA) is 73.7 Å². The minimum absolute atomic E-state index is 0.0452. The highest BCUT2D eigenvalue weighted by Gasteiger charge is 2.51. The number of aromatic nitrogens is 2. The van der Waals surface area contributed by atoms with E-state index in [-0.39, 0.29) is 11.4 Å². The van der Waals surface area contributed by atoms with Crippen LogP contribution in [0.3, 0.4) is 0 Å². The first-order valence-corrected chi connectivity index (χ1v) is 12.5. The summed E-state index contributed by atoms with van der Waals surface area (Å²) in [4.78, 5) is 8.44. The number of hydrogen-bond acceptors (Lipinski definition) is 6. The number of benzene rings is 2. The van der Waals surface area contributed by atoms with Crippen LogP contribution in [0.2, 0.25) is 0 Å². The van der Waals surface area contributed by atoms with Gasteiger partial charge in [0, 0.05) is 5.41 Å². The highest BCUT2D eigenvalue weighted by Crippen LogP contribution is 2.54.